The third-order valence-corrected chi connectivity index (χ3v) is 6.12. The second-order valence-corrected chi connectivity index (χ2v) is 9.09. The second-order valence-electron chi connectivity index (χ2n) is 9.09. The first-order valence-electron chi connectivity index (χ1n) is 12.9. The van der Waals surface area contributed by atoms with Gasteiger partial charge in [-0.2, -0.15) is 18.2 Å². The first kappa shape index (κ1) is 28.2. The Morgan fingerprint density at radius 3 is 2.22 bits per heavy atom. The summed E-state index contributed by atoms with van der Waals surface area (Å²) >= 11 is 0. The SMILES string of the molecule is CCCCCCCCCCCC(=O)Nc1ccc(-n2nc(OC)nc2-c2cccc(C(F)(F)F)c2)cc1. The highest BCUT2D eigenvalue weighted by Crippen LogP contribution is 2.33. The van der Waals surface area contributed by atoms with Gasteiger partial charge >= 0.3 is 12.2 Å². The molecule has 0 aliphatic rings. The summed E-state index contributed by atoms with van der Waals surface area (Å²) in [5.74, 6) is 0.174. The van der Waals surface area contributed by atoms with Crippen molar-refractivity contribution in [2.75, 3.05) is 12.4 Å². The lowest BCUT2D eigenvalue weighted by Gasteiger charge is -2.10. The lowest BCUT2D eigenvalue weighted by atomic mass is 10.1. The number of anilines is 1. The Kier molecular flexibility index (Phi) is 10.5. The van der Waals surface area contributed by atoms with Crippen LogP contribution in [-0.4, -0.2) is 27.8 Å². The predicted octanol–water partition coefficient (Wildman–Crippen LogP) is 7.82. The largest absolute Gasteiger partial charge is 0.466 e. The van der Waals surface area contributed by atoms with E-state index in [4.69, 9.17) is 4.74 Å². The number of alkyl halides is 3. The molecule has 0 atom stereocenters. The maximum atomic E-state index is 13.2. The fourth-order valence-corrected chi connectivity index (χ4v) is 4.09. The zero-order valence-corrected chi connectivity index (χ0v) is 21.5. The number of ether oxygens (including phenoxy) is 1. The van der Waals surface area contributed by atoms with Crippen molar-refractivity contribution in [2.45, 2.75) is 77.3 Å². The molecule has 0 unspecified atom stereocenters. The number of benzene rings is 2. The van der Waals surface area contributed by atoms with E-state index in [1.807, 2.05) is 0 Å². The van der Waals surface area contributed by atoms with Crippen molar-refractivity contribution in [1.29, 1.82) is 0 Å². The highest BCUT2D eigenvalue weighted by molar-refractivity contribution is 5.90. The number of rotatable bonds is 14. The zero-order valence-electron chi connectivity index (χ0n) is 21.5. The lowest BCUT2D eigenvalue weighted by molar-refractivity contribution is -0.137. The average molecular weight is 517 g/mol. The highest BCUT2D eigenvalue weighted by Gasteiger charge is 2.31. The van der Waals surface area contributed by atoms with Crippen LogP contribution in [0.3, 0.4) is 0 Å². The number of aromatic nitrogens is 3. The number of hydrogen-bond acceptors (Lipinski definition) is 4. The van der Waals surface area contributed by atoms with Crippen LogP contribution in [0.25, 0.3) is 17.1 Å². The topological polar surface area (TPSA) is 69.0 Å². The standard InChI is InChI=1S/C28H35F3N4O2/c1-3-4-5-6-7-8-9-10-11-15-25(36)32-23-16-18-24(19-17-23)35-26(33-27(34-35)37-2)21-13-12-14-22(20-21)28(29,30)31/h12-14,16-20H,3-11,15H2,1-2H3,(H,32,36). The molecule has 0 bridgehead atoms. The van der Waals surface area contributed by atoms with E-state index >= 15 is 0 Å². The number of amides is 1. The van der Waals surface area contributed by atoms with Crippen LogP contribution < -0.4 is 10.1 Å². The Morgan fingerprint density at radius 2 is 1.59 bits per heavy atom. The molecule has 0 aliphatic heterocycles. The minimum Gasteiger partial charge on any atom is -0.466 e. The molecule has 1 aromatic heterocycles. The van der Waals surface area contributed by atoms with Crippen molar-refractivity contribution < 1.29 is 22.7 Å². The van der Waals surface area contributed by atoms with Gasteiger partial charge < -0.3 is 10.1 Å². The van der Waals surface area contributed by atoms with Crippen molar-refractivity contribution in [2.24, 2.45) is 0 Å². The smallest absolute Gasteiger partial charge is 0.416 e. The number of hydrogen-bond donors (Lipinski definition) is 1. The quantitative estimate of drug-likeness (QED) is 0.222. The van der Waals surface area contributed by atoms with Gasteiger partial charge in [0.2, 0.25) is 5.91 Å². The van der Waals surface area contributed by atoms with Gasteiger partial charge in [-0.05, 0) is 42.8 Å². The van der Waals surface area contributed by atoms with Crippen LogP contribution >= 0.6 is 0 Å². The number of methoxy groups -OCH3 is 1. The van der Waals surface area contributed by atoms with Crippen LogP contribution in [0.1, 0.15) is 76.7 Å². The maximum Gasteiger partial charge on any atom is 0.416 e. The van der Waals surface area contributed by atoms with Crippen LogP contribution in [0.5, 0.6) is 6.01 Å². The minimum absolute atomic E-state index is 0.0331. The Balaban J connectivity index is 1.57. The van der Waals surface area contributed by atoms with Gasteiger partial charge in [0.25, 0.3) is 0 Å². The third kappa shape index (κ3) is 8.61. The molecule has 0 saturated carbocycles. The number of carbonyl (C=O) groups is 1. The Morgan fingerprint density at radius 1 is 0.946 bits per heavy atom. The molecular formula is C28H35F3N4O2. The van der Waals surface area contributed by atoms with Gasteiger partial charge in [0.1, 0.15) is 0 Å². The summed E-state index contributed by atoms with van der Waals surface area (Å²) in [6.07, 6.45) is 6.74. The zero-order chi connectivity index (χ0) is 26.7. The van der Waals surface area contributed by atoms with Gasteiger partial charge in [-0.1, -0.05) is 70.4 Å². The second kappa shape index (κ2) is 13.8. The number of nitrogens with zero attached hydrogens (tertiary/aromatic N) is 3. The van der Waals surface area contributed by atoms with Crippen LogP contribution in [0.4, 0.5) is 18.9 Å². The van der Waals surface area contributed by atoms with Crippen LogP contribution in [0.15, 0.2) is 48.5 Å². The molecule has 3 aromatic rings. The molecule has 0 radical (unpaired) electrons. The lowest BCUT2D eigenvalue weighted by Crippen LogP contribution is -2.11. The Labute approximate surface area is 216 Å². The van der Waals surface area contributed by atoms with Crippen molar-refractivity contribution in [3.8, 4) is 23.1 Å². The highest BCUT2D eigenvalue weighted by atomic mass is 19.4. The van der Waals surface area contributed by atoms with E-state index < -0.39 is 11.7 Å². The van der Waals surface area contributed by atoms with Crippen molar-refractivity contribution in [3.63, 3.8) is 0 Å². The fourth-order valence-electron chi connectivity index (χ4n) is 4.09. The molecule has 0 aliphatic carbocycles. The van der Waals surface area contributed by atoms with Crippen molar-refractivity contribution in [3.05, 3.63) is 54.1 Å². The van der Waals surface area contributed by atoms with Gasteiger partial charge in [0.15, 0.2) is 5.82 Å². The molecule has 0 saturated heterocycles. The average Bonchev–Trinajstić information content (AvgIpc) is 3.32. The molecule has 200 valence electrons. The van der Waals surface area contributed by atoms with E-state index in [1.54, 1.807) is 24.3 Å². The molecule has 6 nitrogen and oxygen atoms in total. The number of halogens is 3. The Bertz CT molecular complexity index is 1130. The van der Waals surface area contributed by atoms with E-state index in [0.717, 1.165) is 31.4 Å². The Hall–Kier alpha value is -3.36. The summed E-state index contributed by atoms with van der Waals surface area (Å²) in [6, 6.07) is 11.8. The van der Waals surface area contributed by atoms with E-state index in [9.17, 15) is 18.0 Å². The molecule has 37 heavy (non-hydrogen) atoms. The monoisotopic (exact) mass is 516 g/mol. The fraction of sp³-hybridized carbons (Fsp3) is 0.464. The van der Waals surface area contributed by atoms with Gasteiger partial charge in [-0.25, -0.2) is 4.68 Å². The molecule has 2 aromatic carbocycles. The maximum absolute atomic E-state index is 13.2. The molecule has 1 heterocycles. The summed E-state index contributed by atoms with van der Waals surface area (Å²) in [5, 5.41) is 7.16. The molecule has 9 heteroatoms. The normalized spacial score (nSPS) is 11.5. The van der Waals surface area contributed by atoms with E-state index in [0.29, 0.717) is 17.8 Å². The summed E-state index contributed by atoms with van der Waals surface area (Å²) in [7, 11) is 1.39. The van der Waals surface area contributed by atoms with Crippen LogP contribution in [-0.2, 0) is 11.0 Å². The third-order valence-electron chi connectivity index (χ3n) is 6.12. The van der Waals surface area contributed by atoms with Gasteiger partial charge in [-0.15, -0.1) is 5.10 Å². The van der Waals surface area contributed by atoms with Gasteiger partial charge in [-0.3, -0.25) is 4.79 Å². The number of carbonyl (C=O) groups excluding carboxylic acids is 1. The van der Waals surface area contributed by atoms with Crippen molar-refractivity contribution >= 4 is 11.6 Å². The molecule has 3 rings (SSSR count). The van der Waals surface area contributed by atoms with E-state index in [1.165, 1.54) is 62.4 Å². The molecule has 0 fully saturated rings. The summed E-state index contributed by atoms with van der Waals surface area (Å²) in [4.78, 5) is 16.6. The minimum atomic E-state index is -4.47. The molecule has 1 amide bonds. The van der Waals surface area contributed by atoms with E-state index in [2.05, 4.69) is 22.3 Å². The first-order chi connectivity index (χ1) is 17.8. The van der Waals surface area contributed by atoms with Gasteiger partial charge in [0, 0.05) is 17.7 Å². The molecule has 1 N–H and O–H groups in total. The summed E-state index contributed by atoms with van der Waals surface area (Å²) in [6.45, 7) is 2.22. The summed E-state index contributed by atoms with van der Waals surface area (Å²) in [5.41, 5.74) is 0.685. The van der Waals surface area contributed by atoms with Gasteiger partial charge in [0.05, 0.1) is 18.4 Å². The van der Waals surface area contributed by atoms with Crippen LogP contribution in [0.2, 0.25) is 0 Å². The summed E-state index contributed by atoms with van der Waals surface area (Å²) < 4.78 is 46.2. The first-order valence-corrected chi connectivity index (χ1v) is 12.9. The van der Waals surface area contributed by atoms with Crippen molar-refractivity contribution in [1.82, 2.24) is 14.8 Å². The van der Waals surface area contributed by atoms with Crippen LogP contribution in [0, 0.1) is 0 Å². The number of nitrogens with one attached hydrogen (secondary N) is 1. The molecule has 0 spiro atoms. The molecular weight excluding hydrogens is 481 g/mol. The predicted molar refractivity (Wildman–Crippen MR) is 139 cm³/mol. The van der Waals surface area contributed by atoms with E-state index in [-0.39, 0.29) is 23.3 Å². The number of unbranched alkanes of at least 4 members (excludes halogenated alkanes) is 8.